The number of nitrogens with zero attached hydrogens (tertiary/aromatic N) is 3. The third-order valence-corrected chi connectivity index (χ3v) is 2.84. The van der Waals surface area contributed by atoms with Gasteiger partial charge in [-0.2, -0.15) is 0 Å². The van der Waals surface area contributed by atoms with Crippen molar-refractivity contribution in [1.29, 1.82) is 0 Å². The molecule has 5 heteroatoms. The Kier molecular flexibility index (Phi) is 4.28. The molecule has 0 aliphatic carbocycles. The molecule has 0 spiro atoms. The zero-order valence-corrected chi connectivity index (χ0v) is 11.1. The number of benzene rings is 1. The topological polar surface area (TPSA) is 52.0 Å². The van der Waals surface area contributed by atoms with Crippen molar-refractivity contribution in [3.8, 4) is 0 Å². The SMILES string of the molecule is COCC(CNC(C)C)n1nnc2ccccc21. The van der Waals surface area contributed by atoms with Gasteiger partial charge in [-0.25, -0.2) is 4.68 Å². The molecular weight excluding hydrogens is 228 g/mol. The standard InChI is InChI=1S/C13H20N4O/c1-10(2)14-8-11(9-18-3)17-13-7-5-4-6-12(13)15-16-17/h4-7,10-11,14H,8-9H2,1-3H3. The van der Waals surface area contributed by atoms with Crippen LogP contribution in [0.15, 0.2) is 24.3 Å². The normalized spacial score (nSPS) is 13.3. The minimum atomic E-state index is 0.157. The van der Waals surface area contributed by atoms with Crippen molar-refractivity contribution in [1.82, 2.24) is 20.3 Å². The van der Waals surface area contributed by atoms with Gasteiger partial charge in [0.25, 0.3) is 0 Å². The van der Waals surface area contributed by atoms with E-state index in [2.05, 4.69) is 29.5 Å². The zero-order chi connectivity index (χ0) is 13.0. The second kappa shape index (κ2) is 5.93. The first-order valence-electron chi connectivity index (χ1n) is 6.24. The van der Waals surface area contributed by atoms with Crippen LogP contribution in [0.4, 0.5) is 0 Å². The number of ether oxygens (including phenoxy) is 1. The maximum absolute atomic E-state index is 5.28. The third kappa shape index (κ3) is 2.86. The highest BCUT2D eigenvalue weighted by atomic mass is 16.5. The summed E-state index contributed by atoms with van der Waals surface area (Å²) in [5.74, 6) is 0. The van der Waals surface area contributed by atoms with Crippen LogP contribution >= 0.6 is 0 Å². The first-order chi connectivity index (χ1) is 8.72. The Hall–Kier alpha value is -1.46. The quantitative estimate of drug-likeness (QED) is 0.844. The fourth-order valence-corrected chi connectivity index (χ4v) is 1.94. The van der Waals surface area contributed by atoms with Gasteiger partial charge in [0.1, 0.15) is 5.52 Å². The van der Waals surface area contributed by atoms with E-state index in [1.807, 2.05) is 28.9 Å². The summed E-state index contributed by atoms with van der Waals surface area (Å²) in [7, 11) is 1.71. The predicted molar refractivity (Wildman–Crippen MR) is 71.6 cm³/mol. The Morgan fingerprint density at radius 3 is 2.83 bits per heavy atom. The van der Waals surface area contributed by atoms with Gasteiger partial charge in [0.05, 0.1) is 18.2 Å². The third-order valence-electron chi connectivity index (χ3n) is 2.84. The predicted octanol–water partition coefficient (Wildman–Crippen LogP) is 1.62. The van der Waals surface area contributed by atoms with E-state index in [4.69, 9.17) is 4.74 Å². The number of aromatic nitrogens is 3. The van der Waals surface area contributed by atoms with Crippen LogP contribution in [-0.2, 0) is 4.74 Å². The first-order valence-corrected chi connectivity index (χ1v) is 6.24. The highest BCUT2D eigenvalue weighted by Crippen LogP contribution is 2.15. The zero-order valence-electron chi connectivity index (χ0n) is 11.1. The van der Waals surface area contributed by atoms with Crippen LogP contribution < -0.4 is 5.32 Å². The summed E-state index contributed by atoms with van der Waals surface area (Å²) >= 11 is 0. The van der Waals surface area contributed by atoms with Crippen molar-refractivity contribution < 1.29 is 4.74 Å². The van der Waals surface area contributed by atoms with E-state index < -0.39 is 0 Å². The summed E-state index contributed by atoms with van der Waals surface area (Å²) in [6.07, 6.45) is 0. The Bertz CT molecular complexity index is 494. The molecule has 0 bridgehead atoms. The molecule has 1 aromatic carbocycles. The monoisotopic (exact) mass is 248 g/mol. The molecule has 18 heavy (non-hydrogen) atoms. The van der Waals surface area contributed by atoms with Gasteiger partial charge in [0.15, 0.2) is 0 Å². The van der Waals surface area contributed by atoms with E-state index in [1.165, 1.54) is 0 Å². The Labute approximate surface area is 107 Å². The lowest BCUT2D eigenvalue weighted by Crippen LogP contribution is -2.33. The average molecular weight is 248 g/mol. The van der Waals surface area contributed by atoms with Gasteiger partial charge in [0.2, 0.25) is 0 Å². The molecule has 1 aromatic heterocycles. The highest BCUT2D eigenvalue weighted by molar-refractivity contribution is 5.73. The van der Waals surface area contributed by atoms with Gasteiger partial charge >= 0.3 is 0 Å². The summed E-state index contributed by atoms with van der Waals surface area (Å²) in [5, 5.41) is 11.8. The molecule has 1 N–H and O–H groups in total. The fraction of sp³-hybridized carbons (Fsp3) is 0.538. The number of hydrogen-bond donors (Lipinski definition) is 1. The molecule has 0 saturated carbocycles. The van der Waals surface area contributed by atoms with Crippen LogP contribution in [0, 0.1) is 0 Å². The van der Waals surface area contributed by atoms with Crippen LogP contribution in [-0.4, -0.2) is 41.3 Å². The van der Waals surface area contributed by atoms with Gasteiger partial charge in [0, 0.05) is 19.7 Å². The molecule has 0 fully saturated rings. The smallest absolute Gasteiger partial charge is 0.113 e. The van der Waals surface area contributed by atoms with Crippen LogP contribution in [0.25, 0.3) is 11.0 Å². The Morgan fingerprint density at radius 2 is 2.11 bits per heavy atom. The molecular formula is C13H20N4O. The first kappa shape index (κ1) is 13.0. The molecule has 1 unspecified atom stereocenters. The van der Waals surface area contributed by atoms with Crippen molar-refractivity contribution in [2.75, 3.05) is 20.3 Å². The van der Waals surface area contributed by atoms with E-state index in [9.17, 15) is 0 Å². The van der Waals surface area contributed by atoms with Crippen molar-refractivity contribution in [3.63, 3.8) is 0 Å². The molecule has 0 saturated heterocycles. The van der Waals surface area contributed by atoms with Crippen molar-refractivity contribution in [3.05, 3.63) is 24.3 Å². The van der Waals surface area contributed by atoms with Crippen molar-refractivity contribution in [2.24, 2.45) is 0 Å². The molecule has 1 heterocycles. The summed E-state index contributed by atoms with van der Waals surface area (Å²) in [4.78, 5) is 0. The number of methoxy groups -OCH3 is 1. The molecule has 2 aromatic rings. The number of fused-ring (bicyclic) bond motifs is 1. The number of nitrogens with one attached hydrogen (secondary N) is 1. The molecule has 0 radical (unpaired) electrons. The Balaban J connectivity index is 2.24. The van der Waals surface area contributed by atoms with E-state index in [1.54, 1.807) is 7.11 Å². The van der Waals surface area contributed by atoms with Crippen LogP contribution in [0.3, 0.4) is 0 Å². The lowest BCUT2D eigenvalue weighted by molar-refractivity contribution is 0.148. The summed E-state index contributed by atoms with van der Waals surface area (Å²) in [5.41, 5.74) is 1.97. The highest BCUT2D eigenvalue weighted by Gasteiger charge is 2.15. The van der Waals surface area contributed by atoms with E-state index in [0.29, 0.717) is 12.6 Å². The van der Waals surface area contributed by atoms with Crippen molar-refractivity contribution >= 4 is 11.0 Å². The summed E-state index contributed by atoms with van der Waals surface area (Å²) in [6, 6.07) is 8.58. The van der Waals surface area contributed by atoms with Gasteiger partial charge in [-0.05, 0) is 12.1 Å². The minimum Gasteiger partial charge on any atom is -0.382 e. The van der Waals surface area contributed by atoms with Gasteiger partial charge in [-0.1, -0.05) is 31.2 Å². The Morgan fingerprint density at radius 1 is 1.33 bits per heavy atom. The minimum absolute atomic E-state index is 0.157. The maximum atomic E-state index is 5.28. The molecule has 2 rings (SSSR count). The van der Waals surface area contributed by atoms with Crippen LogP contribution in [0.2, 0.25) is 0 Å². The lowest BCUT2D eigenvalue weighted by Gasteiger charge is -2.19. The fourth-order valence-electron chi connectivity index (χ4n) is 1.94. The molecule has 0 amide bonds. The van der Waals surface area contributed by atoms with Gasteiger partial charge < -0.3 is 10.1 Å². The molecule has 0 aliphatic rings. The van der Waals surface area contributed by atoms with Gasteiger partial charge in [-0.15, -0.1) is 5.10 Å². The molecule has 98 valence electrons. The molecule has 5 nitrogen and oxygen atoms in total. The number of hydrogen-bond acceptors (Lipinski definition) is 4. The average Bonchev–Trinajstić information content (AvgIpc) is 2.78. The van der Waals surface area contributed by atoms with Gasteiger partial charge in [-0.3, -0.25) is 0 Å². The van der Waals surface area contributed by atoms with E-state index in [-0.39, 0.29) is 6.04 Å². The van der Waals surface area contributed by atoms with Crippen LogP contribution in [0.5, 0.6) is 0 Å². The maximum Gasteiger partial charge on any atom is 0.113 e. The molecule has 0 aliphatic heterocycles. The lowest BCUT2D eigenvalue weighted by atomic mass is 10.2. The number of para-hydroxylation sites is 1. The summed E-state index contributed by atoms with van der Waals surface area (Å²) < 4.78 is 7.22. The van der Waals surface area contributed by atoms with Crippen LogP contribution in [0.1, 0.15) is 19.9 Å². The molecule has 1 atom stereocenters. The second-order valence-electron chi connectivity index (χ2n) is 4.69. The second-order valence-corrected chi connectivity index (χ2v) is 4.69. The van der Waals surface area contributed by atoms with E-state index in [0.717, 1.165) is 17.6 Å². The summed E-state index contributed by atoms with van der Waals surface area (Å²) in [6.45, 7) is 5.69. The number of rotatable bonds is 6. The van der Waals surface area contributed by atoms with Crippen molar-refractivity contribution in [2.45, 2.75) is 25.9 Å². The largest absolute Gasteiger partial charge is 0.382 e. The van der Waals surface area contributed by atoms with E-state index >= 15 is 0 Å².